The Bertz CT molecular complexity index is 710. The zero-order chi connectivity index (χ0) is 15.9. The lowest BCUT2D eigenvalue weighted by Gasteiger charge is -2.16. The van der Waals surface area contributed by atoms with Crippen LogP contribution in [0.1, 0.15) is 22.6 Å². The van der Waals surface area contributed by atoms with Crippen LogP contribution in [0.3, 0.4) is 0 Å². The highest BCUT2D eigenvalue weighted by atomic mass is 14.9. The molecule has 0 aliphatic heterocycles. The molecule has 0 fully saturated rings. The minimum absolute atomic E-state index is 0.208. The molecule has 3 rings (SSSR count). The Morgan fingerprint density at radius 3 is 1.61 bits per heavy atom. The number of nitrogens with zero attached hydrogens (tertiary/aromatic N) is 1. The maximum atomic E-state index is 6.15. The summed E-state index contributed by atoms with van der Waals surface area (Å²) < 4.78 is 0. The third-order valence-corrected chi connectivity index (χ3v) is 3.92. The van der Waals surface area contributed by atoms with Crippen molar-refractivity contribution < 1.29 is 0 Å². The van der Waals surface area contributed by atoms with Gasteiger partial charge in [-0.1, -0.05) is 91.0 Å². The highest BCUT2D eigenvalue weighted by molar-refractivity contribution is 5.97. The summed E-state index contributed by atoms with van der Waals surface area (Å²) in [7, 11) is 0. The van der Waals surface area contributed by atoms with Gasteiger partial charge in [0.2, 0.25) is 0 Å². The summed E-state index contributed by atoms with van der Waals surface area (Å²) in [5.74, 6) is 0.794. The minimum Gasteiger partial charge on any atom is -0.384 e. The summed E-state index contributed by atoms with van der Waals surface area (Å²) >= 11 is 0. The molecule has 0 aliphatic carbocycles. The van der Waals surface area contributed by atoms with Gasteiger partial charge in [-0.3, -0.25) is 4.99 Å². The fourth-order valence-electron chi connectivity index (χ4n) is 2.66. The van der Waals surface area contributed by atoms with Gasteiger partial charge >= 0.3 is 0 Å². The normalized spacial score (nSPS) is 11.6. The molecule has 0 amide bonds. The summed E-state index contributed by atoms with van der Waals surface area (Å²) in [6.45, 7) is 0.634. The Morgan fingerprint density at radius 1 is 0.696 bits per heavy atom. The zero-order valence-electron chi connectivity index (χ0n) is 13.0. The van der Waals surface area contributed by atoms with Gasteiger partial charge in [-0.2, -0.15) is 0 Å². The van der Waals surface area contributed by atoms with E-state index in [2.05, 4.69) is 53.5 Å². The topological polar surface area (TPSA) is 38.4 Å². The molecule has 0 heterocycles. The molecular formula is C21H20N2. The number of hydrogen-bond donors (Lipinski definition) is 1. The molecule has 2 heteroatoms. The van der Waals surface area contributed by atoms with Crippen LogP contribution >= 0.6 is 0 Å². The van der Waals surface area contributed by atoms with E-state index in [0.717, 1.165) is 5.56 Å². The fourth-order valence-corrected chi connectivity index (χ4v) is 2.66. The standard InChI is InChI=1S/C21H20N2/c22-21(19-14-8-3-9-15-19)23-16-20(17-10-4-1-5-11-17)18-12-6-2-7-13-18/h1-15,20H,16H2,(H2,22,23). The second-order valence-electron chi connectivity index (χ2n) is 5.47. The quantitative estimate of drug-likeness (QED) is 0.556. The van der Waals surface area contributed by atoms with Gasteiger partial charge in [0.15, 0.2) is 0 Å². The first-order valence-corrected chi connectivity index (χ1v) is 7.80. The van der Waals surface area contributed by atoms with Gasteiger partial charge in [0.05, 0.1) is 6.54 Å². The van der Waals surface area contributed by atoms with Crippen LogP contribution in [0.4, 0.5) is 0 Å². The highest BCUT2D eigenvalue weighted by Crippen LogP contribution is 2.24. The minimum atomic E-state index is 0.208. The van der Waals surface area contributed by atoms with E-state index in [1.165, 1.54) is 11.1 Å². The molecule has 0 saturated heterocycles. The third-order valence-electron chi connectivity index (χ3n) is 3.92. The van der Waals surface area contributed by atoms with E-state index in [1.54, 1.807) is 0 Å². The predicted molar refractivity (Wildman–Crippen MR) is 96.8 cm³/mol. The summed E-state index contributed by atoms with van der Waals surface area (Å²) in [5, 5.41) is 0. The molecule has 0 aliphatic rings. The molecule has 3 aromatic rings. The lowest BCUT2D eigenvalue weighted by molar-refractivity contribution is 0.819. The van der Waals surface area contributed by atoms with Gasteiger partial charge in [-0.25, -0.2) is 0 Å². The van der Waals surface area contributed by atoms with Crippen LogP contribution in [0.25, 0.3) is 0 Å². The number of amidine groups is 1. The lowest BCUT2D eigenvalue weighted by atomic mass is 9.91. The average Bonchev–Trinajstić information content (AvgIpc) is 2.64. The van der Waals surface area contributed by atoms with Crippen molar-refractivity contribution in [2.75, 3.05) is 6.54 Å². The van der Waals surface area contributed by atoms with Crippen LogP contribution in [0, 0.1) is 0 Å². The molecule has 0 bridgehead atoms. The third kappa shape index (κ3) is 3.86. The molecule has 23 heavy (non-hydrogen) atoms. The number of nitrogens with two attached hydrogens (primary N) is 1. The molecule has 0 spiro atoms. The molecule has 0 atom stereocenters. The van der Waals surface area contributed by atoms with E-state index in [0.29, 0.717) is 12.4 Å². The van der Waals surface area contributed by atoms with E-state index in [-0.39, 0.29) is 5.92 Å². The van der Waals surface area contributed by atoms with E-state index >= 15 is 0 Å². The molecule has 0 radical (unpaired) electrons. The number of aliphatic imine (C=N–C) groups is 1. The Balaban J connectivity index is 1.88. The molecule has 3 aromatic carbocycles. The Hall–Kier alpha value is -2.87. The van der Waals surface area contributed by atoms with E-state index in [4.69, 9.17) is 5.73 Å². The van der Waals surface area contributed by atoms with Crippen molar-refractivity contribution in [3.8, 4) is 0 Å². The van der Waals surface area contributed by atoms with Crippen molar-refractivity contribution in [2.24, 2.45) is 10.7 Å². The average molecular weight is 300 g/mol. The predicted octanol–water partition coefficient (Wildman–Crippen LogP) is 4.22. The monoisotopic (exact) mass is 300 g/mol. The number of hydrogen-bond acceptors (Lipinski definition) is 1. The molecule has 2 N–H and O–H groups in total. The first-order valence-electron chi connectivity index (χ1n) is 7.80. The smallest absolute Gasteiger partial charge is 0.125 e. The van der Waals surface area contributed by atoms with Crippen LogP contribution in [0.5, 0.6) is 0 Å². The number of rotatable bonds is 5. The van der Waals surface area contributed by atoms with Crippen LogP contribution in [0.2, 0.25) is 0 Å². The molecule has 0 unspecified atom stereocenters. The Labute approximate surface area is 137 Å². The van der Waals surface area contributed by atoms with Crippen LogP contribution in [-0.2, 0) is 0 Å². The summed E-state index contributed by atoms with van der Waals surface area (Å²) in [6, 6.07) is 30.8. The Morgan fingerprint density at radius 2 is 1.13 bits per heavy atom. The van der Waals surface area contributed by atoms with Crippen molar-refractivity contribution >= 4 is 5.84 Å². The van der Waals surface area contributed by atoms with Gasteiger partial charge < -0.3 is 5.73 Å². The van der Waals surface area contributed by atoms with Gasteiger partial charge in [0.25, 0.3) is 0 Å². The number of benzene rings is 3. The summed E-state index contributed by atoms with van der Waals surface area (Å²) in [4.78, 5) is 4.64. The maximum Gasteiger partial charge on any atom is 0.125 e. The van der Waals surface area contributed by atoms with Crippen molar-refractivity contribution in [3.63, 3.8) is 0 Å². The molecule has 0 aromatic heterocycles. The van der Waals surface area contributed by atoms with Gasteiger partial charge in [0.1, 0.15) is 5.84 Å². The molecule has 114 valence electrons. The van der Waals surface area contributed by atoms with Crippen LogP contribution in [-0.4, -0.2) is 12.4 Å². The SMILES string of the molecule is NC(=NCC(c1ccccc1)c1ccccc1)c1ccccc1. The van der Waals surface area contributed by atoms with E-state index < -0.39 is 0 Å². The lowest BCUT2D eigenvalue weighted by Crippen LogP contribution is -2.16. The van der Waals surface area contributed by atoms with Crippen molar-refractivity contribution in [1.29, 1.82) is 0 Å². The zero-order valence-corrected chi connectivity index (χ0v) is 13.0. The highest BCUT2D eigenvalue weighted by Gasteiger charge is 2.13. The van der Waals surface area contributed by atoms with Crippen molar-refractivity contribution in [3.05, 3.63) is 108 Å². The summed E-state index contributed by atoms with van der Waals surface area (Å²) in [5.41, 5.74) is 9.62. The first-order chi connectivity index (χ1) is 11.3. The Kier molecular flexibility index (Phi) is 4.85. The van der Waals surface area contributed by atoms with E-state index in [9.17, 15) is 0 Å². The van der Waals surface area contributed by atoms with Gasteiger partial charge in [-0.05, 0) is 11.1 Å². The van der Waals surface area contributed by atoms with Gasteiger partial charge in [0, 0.05) is 11.5 Å². The van der Waals surface area contributed by atoms with Crippen molar-refractivity contribution in [1.82, 2.24) is 0 Å². The second-order valence-corrected chi connectivity index (χ2v) is 5.47. The first kappa shape index (κ1) is 15.0. The molecule has 2 nitrogen and oxygen atoms in total. The second kappa shape index (κ2) is 7.41. The van der Waals surface area contributed by atoms with E-state index in [1.807, 2.05) is 42.5 Å². The maximum absolute atomic E-state index is 6.15. The molecule has 0 saturated carbocycles. The largest absolute Gasteiger partial charge is 0.384 e. The van der Waals surface area contributed by atoms with Crippen LogP contribution in [0.15, 0.2) is 96.0 Å². The van der Waals surface area contributed by atoms with Crippen molar-refractivity contribution in [2.45, 2.75) is 5.92 Å². The van der Waals surface area contributed by atoms with Gasteiger partial charge in [-0.15, -0.1) is 0 Å². The molecular weight excluding hydrogens is 280 g/mol. The van der Waals surface area contributed by atoms with Crippen LogP contribution < -0.4 is 5.73 Å². The summed E-state index contributed by atoms with van der Waals surface area (Å²) in [6.07, 6.45) is 0. The fraction of sp³-hybridized carbons (Fsp3) is 0.0952.